The van der Waals surface area contributed by atoms with Gasteiger partial charge < -0.3 is 5.32 Å². The van der Waals surface area contributed by atoms with E-state index in [4.69, 9.17) is 28.2 Å². The third-order valence-corrected chi connectivity index (χ3v) is 9.60. The molecule has 0 radical (unpaired) electrons. The van der Waals surface area contributed by atoms with Gasteiger partial charge >= 0.3 is 0 Å². The fourth-order valence-corrected chi connectivity index (χ4v) is 7.85. The summed E-state index contributed by atoms with van der Waals surface area (Å²) in [5, 5.41) is 4.62. The molecule has 0 aliphatic carbocycles. The highest BCUT2D eigenvalue weighted by atomic mass is 35.5. The number of fused-ring (bicyclic) bond motifs is 3. The van der Waals surface area contributed by atoms with Gasteiger partial charge in [0.1, 0.15) is 4.90 Å². The SMILES string of the molecule is O=S(=O)(NCCCCCNc1nc2c(s1)CCSc1ccccc1-2)c1c(Cl)cccc1Cl. The zero-order valence-corrected chi connectivity index (χ0v) is 21.2. The highest BCUT2D eigenvalue weighted by Crippen LogP contribution is 2.40. The summed E-state index contributed by atoms with van der Waals surface area (Å²) < 4.78 is 27.5. The molecule has 1 aromatic heterocycles. The largest absolute Gasteiger partial charge is 0.361 e. The molecule has 1 aliphatic rings. The number of aryl methyl sites for hydroxylation is 1. The first kappa shape index (κ1) is 23.9. The van der Waals surface area contributed by atoms with Crippen LogP contribution >= 0.6 is 46.3 Å². The first-order chi connectivity index (χ1) is 15.5. The normalized spacial score (nSPS) is 13.3. The van der Waals surface area contributed by atoms with E-state index in [0.717, 1.165) is 48.8 Å². The molecule has 0 saturated carbocycles. The summed E-state index contributed by atoms with van der Waals surface area (Å²) in [6.07, 6.45) is 3.56. The summed E-state index contributed by atoms with van der Waals surface area (Å²) in [7, 11) is -3.73. The second-order valence-electron chi connectivity index (χ2n) is 7.32. The van der Waals surface area contributed by atoms with E-state index in [0.29, 0.717) is 6.54 Å². The Hall–Kier alpha value is -1.29. The van der Waals surface area contributed by atoms with Crippen LogP contribution in [0.25, 0.3) is 11.3 Å². The van der Waals surface area contributed by atoms with Gasteiger partial charge in [-0.05, 0) is 37.5 Å². The molecular weight excluding hydrogens is 505 g/mol. The van der Waals surface area contributed by atoms with Crippen LogP contribution in [-0.4, -0.2) is 32.2 Å². The third-order valence-electron chi connectivity index (χ3n) is 5.04. The number of unbranched alkanes of at least 4 members (excludes halogenated alkanes) is 2. The zero-order valence-electron chi connectivity index (χ0n) is 17.2. The van der Waals surface area contributed by atoms with Crippen LogP contribution < -0.4 is 10.0 Å². The summed E-state index contributed by atoms with van der Waals surface area (Å²) in [6, 6.07) is 13.1. The first-order valence-corrected chi connectivity index (χ1v) is 14.4. The number of hydrogen-bond acceptors (Lipinski definition) is 6. The molecule has 0 unspecified atom stereocenters. The molecule has 2 N–H and O–H groups in total. The molecule has 32 heavy (non-hydrogen) atoms. The lowest BCUT2D eigenvalue weighted by Gasteiger charge is -2.10. The van der Waals surface area contributed by atoms with Crippen LogP contribution in [0.15, 0.2) is 52.3 Å². The predicted molar refractivity (Wildman–Crippen MR) is 136 cm³/mol. The van der Waals surface area contributed by atoms with E-state index >= 15 is 0 Å². The molecule has 170 valence electrons. The van der Waals surface area contributed by atoms with Crippen molar-refractivity contribution in [2.24, 2.45) is 0 Å². The fourth-order valence-electron chi connectivity index (χ4n) is 3.49. The van der Waals surface area contributed by atoms with Crippen molar-refractivity contribution in [1.29, 1.82) is 0 Å². The summed E-state index contributed by atoms with van der Waals surface area (Å²) in [6.45, 7) is 1.13. The lowest BCUT2D eigenvalue weighted by Crippen LogP contribution is -2.25. The van der Waals surface area contributed by atoms with Crippen LogP contribution in [0.1, 0.15) is 24.1 Å². The maximum atomic E-state index is 12.5. The van der Waals surface area contributed by atoms with Crippen molar-refractivity contribution in [3.8, 4) is 11.3 Å². The average molecular weight is 529 g/mol. The Kier molecular flexibility index (Phi) is 8.02. The second-order valence-corrected chi connectivity index (χ2v) is 12.1. The molecule has 3 aromatic rings. The Bertz CT molecular complexity index is 1180. The Labute approximate surface area is 207 Å². The van der Waals surface area contributed by atoms with Crippen molar-refractivity contribution in [2.75, 3.05) is 24.2 Å². The Morgan fingerprint density at radius 1 is 0.969 bits per heavy atom. The molecular formula is C22H23Cl2N3O2S3. The molecule has 4 rings (SSSR count). The van der Waals surface area contributed by atoms with E-state index < -0.39 is 10.0 Å². The van der Waals surface area contributed by atoms with Crippen molar-refractivity contribution in [3.63, 3.8) is 0 Å². The van der Waals surface area contributed by atoms with Gasteiger partial charge in [-0.25, -0.2) is 18.1 Å². The molecule has 5 nitrogen and oxygen atoms in total. The van der Waals surface area contributed by atoms with Crippen molar-refractivity contribution in [1.82, 2.24) is 9.71 Å². The second kappa shape index (κ2) is 10.8. The highest BCUT2D eigenvalue weighted by Gasteiger charge is 2.21. The van der Waals surface area contributed by atoms with Crippen LogP contribution in [0.3, 0.4) is 0 Å². The Morgan fingerprint density at radius 3 is 2.53 bits per heavy atom. The molecule has 0 bridgehead atoms. The van der Waals surface area contributed by atoms with E-state index in [2.05, 4.69) is 34.3 Å². The van der Waals surface area contributed by atoms with Crippen molar-refractivity contribution in [3.05, 3.63) is 57.4 Å². The summed E-state index contributed by atoms with van der Waals surface area (Å²) in [5.41, 5.74) is 2.32. The number of hydrogen-bond donors (Lipinski definition) is 2. The van der Waals surface area contributed by atoms with E-state index in [-0.39, 0.29) is 14.9 Å². The molecule has 0 saturated heterocycles. The van der Waals surface area contributed by atoms with Gasteiger partial charge in [-0.15, -0.1) is 23.1 Å². The minimum atomic E-state index is -3.73. The number of sulfonamides is 1. The van der Waals surface area contributed by atoms with Gasteiger partial charge in [0, 0.05) is 34.2 Å². The number of halogens is 2. The summed E-state index contributed by atoms with van der Waals surface area (Å²) in [5.74, 6) is 1.07. The monoisotopic (exact) mass is 527 g/mol. The number of nitrogens with zero attached hydrogens (tertiary/aromatic N) is 1. The molecule has 1 aliphatic heterocycles. The van der Waals surface area contributed by atoms with Crippen LogP contribution in [-0.2, 0) is 16.4 Å². The third kappa shape index (κ3) is 5.61. The van der Waals surface area contributed by atoms with E-state index in [1.165, 1.54) is 27.5 Å². The van der Waals surface area contributed by atoms with E-state index in [1.54, 1.807) is 17.4 Å². The molecule has 0 spiro atoms. The van der Waals surface area contributed by atoms with Gasteiger partial charge in [-0.3, -0.25) is 0 Å². The fraction of sp³-hybridized carbons (Fsp3) is 0.318. The number of thioether (sulfide) groups is 1. The van der Waals surface area contributed by atoms with Crippen LogP contribution in [0.5, 0.6) is 0 Å². The van der Waals surface area contributed by atoms with Crippen LogP contribution in [0.4, 0.5) is 5.13 Å². The minimum absolute atomic E-state index is 0.0616. The summed E-state index contributed by atoms with van der Waals surface area (Å²) in [4.78, 5) is 7.41. The quantitative estimate of drug-likeness (QED) is 0.318. The van der Waals surface area contributed by atoms with Crippen LogP contribution in [0, 0.1) is 0 Å². The van der Waals surface area contributed by atoms with Gasteiger partial charge in [0.25, 0.3) is 0 Å². The molecule has 2 aromatic carbocycles. The van der Waals surface area contributed by atoms with E-state index in [9.17, 15) is 8.42 Å². The van der Waals surface area contributed by atoms with Crippen LogP contribution in [0.2, 0.25) is 10.0 Å². The predicted octanol–water partition coefficient (Wildman–Crippen LogP) is 6.33. The molecule has 0 atom stereocenters. The topological polar surface area (TPSA) is 71.1 Å². The molecule has 10 heteroatoms. The minimum Gasteiger partial charge on any atom is -0.361 e. The van der Waals surface area contributed by atoms with Crippen molar-refractivity contribution < 1.29 is 8.42 Å². The first-order valence-electron chi connectivity index (χ1n) is 10.3. The maximum absolute atomic E-state index is 12.5. The number of anilines is 1. The number of nitrogens with one attached hydrogen (secondary N) is 2. The van der Waals surface area contributed by atoms with Crippen molar-refractivity contribution >= 4 is 61.5 Å². The molecule has 0 amide bonds. The summed E-state index contributed by atoms with van der Waals surface area (Å²) >= 11 is 15.6. The van der Waals surface area contributed by atoms with Crippen molar-refractivity contribution in [2.45, 2.75) is 35.5 Å². The zero-order chi connectivity index (χ0) is 22.6. The molecule has 2 heterocycles. The lowest BCUT2D eigenvalue weighted by atomic mass is 10.1. The number of benzene rings is 2. The van der Waals surface area contributed by atoms with Gasteiger partial charge in [0.05, 0.1) is 15.7 Å². The number of thiazole rings is 1. The number of aromatic nitrogens is 1. The highest BCUT2D eigenvalue weighted by molar-refractivity contribution is 7.99. The standard InChI is InChI=1S/C22H23Cl2N3O2S3/c23-16-8-6-9-17(24)21(16)32(28,29)26-13-5-1-4-12-25-22-27-20-15-7-2-3-10-18(15)30-14-11-19(20)31-22/h2-3,6-10,26H,1,4-5,11-14H2,(H,25,27). The Balaban J connectivity index is 1.23. The van der Waals surface area contributed by atoms with Gasteiger partial charge in [0.15, 0.2) is 5.13 Å². The molecule has 0 fully saturated rings. The lowest BCUT2D eigenvalue weighted by molar-refractivity contribution is 0.575. The Morgan fingerprint density at radius 2 is 1.72 bits per heavy atom. The van der Waals surface area contributed by atoms with E-state index in [1.807, 2.05) is 11.8 Å². The number of rotatable bonds is 9. The van der Waals surface area contributed by atoms with Gasteiger partial charge in [-0.2, -0.15) is 0 Å². The van der Waals surface area contributed by atoms with Gasteiger partial charge in [0.2, 0.25) is 10.0 Å². The van der Waals surface area contributed by atoms with Gasteiger partial charge in [-0.1, -0.05) is 53.9 Å². The smallest absolute Gasteiger partial charge is 0.243 e. The average Bonchev–Trinajstić information content (AvgIpc) is 3.07. The maximum Gasteiger partial charge on any atom is 0.243 e.